The third-order valence-electron chi connectivity index (χ3n) is 2.66. The Bertz CT molecular complexity index is 513. The van der Waals surface area contributed by atoms with E-state index in [0.29, 0.717) is 17.9 Å². The van der Waals surface area contributed by atoms with E-state index in [9.17, 15) is 17.6 Å². The van der Waals surface area contributed by atoms with Crippen LogP contribution in [-0.2, 0) is 6.54 Å². The van der Waals surface area contributed by atoms with E-state index in [4.69, 9.17) is 4.74 Å². The van der Waals surface area contributed by atoms with Crippen molar-refractivity contribution in [1.82, 2.24) is 10.6 Å². The van der Waals surface area contributed by atoms with Gasteiger partial charge < -0.3 is 20.1 Å². The summed E-state index contributed by atoms with van der Waals surface area (Å²) < 4.78 is 58.8. The van der Waals surface area contributed by atoms with Crippen molar-refractivity contribution in [3.05, 3.63) is 23.8 Å². The summed E-state index contributed by atoms with van der Waals surface area (Å²) in [5, 5.41) is 5.23. The van der Waals surface area contributed by atoms with Crippen LogP contribution in [0.15, 0.2) is 23.2 Å². The summed E-state index contributed by atoms with van der Waals surface area (Å²) in [5.41, 5.74) is 0.346. The maximum Gasteiger partial charge on any atom is 0.387 e. The van der Waals surface area contributed by atoms with E-state index in [1.165, 1.54) is 25.3 Å². The number of rotatable bonds is 8. The molecule has 1 rings (SSSR count). The Hall–Kier alpha value is -2.19. The number of nitrogens with zero attached hydrogens (tertiary/aromatic N) is 1. The standard InChI is InChI=1S/C14H19F4N3O2/c1-3-19-14(21-8-12(15)16)20-7-9-6-10(22-2)4-5-11(9)23-13(17)18/h4-6,12-13H,3,7-8H2,1-2H3,(H2,19,20,21). The highest BCUT2D eigenvalue weighted by Gasteiger charge is 2.11. The minimum atomic E-state index is -2.98. The quantitative estimate of drug-likeness (QED) is 0.435. The summed E-state index contributed by atoms with van der Waals surface area (Å²) >= 11 is 0. The number of halogens is 4. The molecule has 0 heterocycles. The molecule has 0 radical (unpaired) electrons. The fourth-order valence-corrected chi connectivity index (χ4v) is 1.70. The van der Waals surface area contributed by atoms with Crippen LogP contribution in [0.4, 0.5) is 17.6 Å². The molecule has 0 saturated carbocycles. The SMILES string of the molecule is CCNC(=NCc1cc(OC)ccc1OC(F)F)NCC(F)F. The van der Waals surface area contributed by atoms with Gasteiger partial charge in [-0.1, -0.05) is 0 Å². The molecule has 130 valence electrons. The zero-order valence-electron chi connectivity index (χ0n) is 12.8. The molecular weight excluding hydrogens is 318 g/mol. The van der Waals surface area contributed by atoms with Gasteiger partial charge in [0.15, 0.2) is 5.96 Å². The highest BCUT2D eigenvalue weighted by molar-refractivity contribution is 5.79. The second kappa shape index (κ2) is 9.75. The predicted octanol–water partition coefficient (Wildman–Crippen LogP) is 2.62. The lowest BCUT2D eigenvalue weighted by Crippen LogP contribution is -2.39. The van der Waals surface area contributed by atoms with Crippen LogP contribution in [0.3, 0.4) is 0 Å². The van der Waals surface area contributed by atoms with Gasteiger partial charge in [-0.2, -0.15) is 8.78 Å². The number of benzene rings is 1. The smallest absolute Gasteiger partial charge is 0.387 e. The molecular formula is C14H19F4N3O2. The van der Waals surface area contributed by atoms with Gasteiger partial charge in [-0.15, -0.1) is 0 Å². The number of hydrogen-bond acceptors (Lipinski definition) is 3. The number of hydrogen-bond donors (Lipinski definition) is 2. The highest BCUT2D eigenvalue weighted by atomic mass is 19.3. The number of methoxy groups -OCH3 is 1. The van der Waals surface area contributed by atoms with Crippen molar-refractivity contribution in [1.29, 1.82) is 0 Å². The van der Waals surface area contributed by atoms with Crippen molar-refractivity contribution in [3.63, 3.8) is 0 Å². The zero-order valence-corrected chi connectivity index (χ0v) is 12.8. The lowest BCUT2D eigenvalue weighted by Gasteiger charge is -2.13. The van der Waals surface area contributed by atoms with Gasteiger partial charge in [0, 0.05) is 12.1 Å². The molecule has 5 nitrogen and oxygen atoms in total. The molecule has 1 aromatic carbocycles. The number of aliphatic imine (C=N–C) groups is 1. The van der Waals surface area contributed by atoms with E-state index >= 15 is 0 Å². The molecule has 0 aliphatic heterocycles. The van der Waals surface area contributed by atoms with Crippen LogP contribution in [-0.4, -0.2) is 39.2 Å². The van der Waals surface area contributed by atoms with Crippen molar-refractivity contribution in [2.45, 2.75) is 26.5 Å². The normalized spacial score (nSPS) is 11.7. The van der Waals surface area contributed by atoms with E-state index in [1.807, 2.05) is 0 Å². The van der Waals surface area contributed by atoms with Gasteiger partial charge in [-0.05, 0) is 25.1 Å². The minimum Gasteiger partial charge on any atom is -0.497 e. The average molecular weight is 337 g/mol. The van der Waals surface area contributed by atoms with E-state index in [0.717, 1.165) is 0 Å². The summed E-state index contributed by atoms with van der Waals surface area (Å²) in [6.45, 7) is -1.34. The first-order chi connectivity index (χ1) is 11.0. The molecule has 23 heavy (non-hydrogen) atoms. The third kappa shape index (κ3) is 7.07. The summed E-state index contributed by atoms with van der Waals surface area (Å²) in [7, 11) is 1.43. The molecule has 0 aliphatic rings. The third-order valence-corrected chi connectivity index (χ3v) is 2.66. The highest BCUT2D eigenvalue weighted by Crippen LogP contribution is 2.26. The molecule has 9 heteroatoms. The van der Waals surface area contributed by atoms with Crippen LogP contribution in [0.5, 0.6) is 11.5 Å². The number of guanidine groups is 1. The number of nitrogens with one attached hydrogen (secondary N) is 2. The van der Waals surface area contributed by atoms with E-state index in [1.54, 1.807) is 6.92 Å². The molecule has 0 aromatic heterocycles. The maximum absolute atomic E-state index is 12.4. The van der Waals surface area contributed by atoms with Crippen LogP contribution in [0.2, 0.25) is 0 Å². The first-order valence-electron chi connectivity index (χ1n) is 6.88. The Morgan fingerprint density at radius 2 is 1.96 bits per heavy atom. The molecule has 0 saturated heterocycles. The summed E-state index contributed by atoms with van der Waals surface area (Å²) in [5.74, 6) is 0.551. The molecule has 0 atom stereocenters. The largest absolute Gasteiger partial charge is 0.497 e. The van der Waals surface area contributed by atoms with Crippen molar-refractivity contribution < 1.29 is 27.0 Å². The van der Waals surface area contributed by atoms with Crippen LogP contribution >= 0.6 is 0 Å². The van der Waals surface area contributed by atoms with Crippen molar-refractivity contribution >= 4 is 5.96 Å². The molecule has 0 bridgehead atoms. The van der Waals surface area contributed by atoms with E-state index in [-0.39, 0.29) is 18.3 Å². The second-order valence-corrected chi connectivity index (χ2v) is 4.32. The average Bonchev–Trinajstić information content (AvgIpc) is 2.50. The summed E-state index contributed by atoms with van der Waals surface area (Å²) in [4.78, 5) is 4.08. The second-order valence-electron chi connectivity index (χ2n) is 4.32. The Balaban J connectivity index is 2.91. The maximum atomic E-state index is 12.4. The Morgan fingerprint density at radius 3 is 2.52 bits per heavy atom. The Kier molecular flexibility index (Phi) is 8.00. The minimum absolute atomic E-state index is 0.0438. The van der Waals surface area contributed by atoms with Crippen LogP contribution in [0.25, 0.3) is 0 Å². The summed E-state index contributed by atoms with van der Waals surface area (Å²) in [6, 6.07) is 4.32. The van der Waals surface area contributed by atoms with Crippen LogP contribution < -0.4 is 20.1 Å². The van der Waals surface area contributed by atoms with Gasteiger partial charge in [0.2, 0.25) is 0 Å². The molecule has 0 aliphatic carbocycles. The number of alkyl halides is 4. The van der Waals surface area contributed by atoms with Gasteiger partial charge in [-0.25, -0.2) is 13.8 Å². The Labute approximate surface area is 131 Å². The van der Waals surface area contributed by atoms with Crippen molar-refractivity contribution in [2.75, 3.05) is 20.2 Å². The first kappa shape index (κ1) is 18.9. The van der Waals surface area contributed by atoms with Gasteiger partial charge >= 0.3 is 6.61 Å². The first-order valence-corrected chi connectivity index (χ1v) is 6.88. The molecule has 2 N–H and O–H groups in total. The monoisotopic (exact) mass is 337 g/mol. The van der Waals surface area contributed by atoms with Crippen LogP contribution in [0, 0.1) is 0 Å². The van der Waals surface area contributed by atoms with E-state index in [2.05, 4.69) is 20.4 Å². The number of ether oxygens (including phenoxy) is 2. The zero-order chi connectivity index (χ0) is 17.2. The van der Waals surface area contributed by atoms with Crippen molar-refractivity contribution in [2.24, 2.45) is 4.99 Å². The molecule has 0 unspecified atom stereocenters. The summed E-state index contributed by atoms with van der Waals surface area (Å²) in [6.07, 6.45) is -2.53. The molecule has 0 fully saturated rings. The Morgan fingerprint density at radius 1 is 1.22 bits per heavy atom. The van der Waals surface area contributed by atoms with Gasteiger partial charge in [0.25, 0.3) is 6.43 Å². The molecule has 0 amide bonds. The van der Waals surface area contributed by atoms with Gasteiger partial charge in [0.1, 0.15) is 11.5 Å². The van der Waals surface area contributed by atoms with Crippen LogP contribution in [0.1, 0.15) is 12.5 Å². The predicted molar refractivity (Wildman–Crippen MR) is 78.4 cm³/mol. The lowest BCUT2D eigenvalue weighted by atomic mass is 10.2. The molecule has 0 spiro atoms. The van der Waals surface area contributed by atoms with E-state index < -0.39 is 19.6 Å². The molecule has 1 aromatic rings. The topological polar surface area (TPSA) is 54.9 Å². The van der Waals surface area contributed by atoms with Gasteiger partial charge in [-0.3, -0.25) is 0 Å². The van der Waals surface area contributed by atoms with Crippen molar-refractivity contribution in [3.8, 4) is 11.5 Å². The van der Waals surface area contributed by atoms with Gasteiger partial charge in [0.05, 0.1) is 20.2 Å². The fraction of sp³-hybridized carbons (Fsp3) is 0.500. The lowest BCUT2D eigenvalue weighted by molar-refractivity contribution is -0.0504. The fourth-order valence-electron chi connectivity index (χ4n) is 1.70.